The van der Waals surface area contributed by atoms with Crippen molar-refractivity contribution in [1.82, 2.24) is 5.32 Å². The Morgan fingerprint density at radius 3 is 1.27 bits per heavy atom. The number of ether oxygens (including phenoxy) is 1. The topological polar surface area (TPSA) is 114 Å². The molecule has 0 aliphatic carbocycles. The van der Waals surface area contributed by atoms with E-state index in [1.165, 1.54) is 193 Å². The van der Waals surface area contributed by atoms with E-state index in [4.69, 9.17) is 13.8 Å². The van der Waals surface area contributed by atoms with E-state index in [0.717, 1.165) is 77.0 Å². The summed E-state index contributed by atoms with van der Waals surface area (Å²) in [6.45, 7) is 6.74. The number of nitrogens with zero attached hydrogens (tertiary/aromatic N) is 1. The van der Waals surface area contributed by atoms with Crippen LogP contribution in [0.2, 0.25) is 0 Å². The molecule has 0 aromatic carbocycles. The normalized spacial score (nSPS) is 14.0. The first-order chi connectivity index (χ1) is 36.4. The maximum atomic E-state index is 13.5. The molecule has 0 aliphatic rings. The van der Waals surface area contributed by atoms with Gasteiger partial charge in [0.15, 0.2) is 0 Å². The lowest BCUT2D eigenvalue weighted by molar-refractivity contribution is -0.870. The number of likely N-dealkylation sites (N-methyl/N-ethyl adjacent to an activating group) is 1. The quantitative estimate of drug-likeness (QED) is 0.0161. The second-order valence-corrected chi connectivity index (χ2v) is 24.4. The highest BCUT2D eigenvalue weighted by Crippen LogP contribution is 2.38. The Morgan fingerprint density at radius 1 is 0.480 bits per heavy atom. The number of hydrogen-bond acceptors (Lipinski definition) is 7. The predicted octanol–water partition coefficient (Wildman–Crippen LogP) is 19.0. The molecule has 0 spiro atoms. The molecule has 0 aromatic heterocycles. The highest BCUT2D eigenvalue weighted by Gasteiger charge is 2.27. The second-order valence-electron chi connectivity index (χ2n) is 23.0. The third-order valence-electron chi connectivity index (χ3n) is 14.3. The van der Waals surface area contributed by atoms with Crippen LogP contribution >= 0.6 is 7.82 Å². The highest BCUT2D eigenvalue weighted by atomic mass is 31.2. The number of hydrogen-bond donors (Lipinski definition) is 1. The summed E-state index contributed by atoms with van der Waals surface area (Å²) in [5.41, 5.74) is 0. The van der Waals surface area contributed by atoms with Crippen LogP contribution in [0.3, 0.4) is 0 Å². The fourth-order valence-corrected chi connectivity index (χ4v) is 10.1. The molecule has 0 heterocycles. The third-order valence-corrected chi connectivity index (χ3v) is 15.3. The molecule has 0 radical (unpaired) electrons. The summed E-state index contributed by atoms with van der Waals surface area (Å²) in [5, 5.41) is 3.04. The molecule has 75 heavy (non-hydrogen) atoms. The predicted molar refractivity (Wildman–Crippen MR) is 321 cm³/mol. The van der Waals surface area contributed by atoms with Gasteiger partial charge in [0.1, 0.15) is 19.3 Å². The standard InChI is InChI=1S/C65H123N2O7P/c1-7-10-13-16-19-22-25-28-30-31-32-33-34-35-37-39-42-45-48-51-54-57-64(68)66-62(61-73-75(70,71)72-60-59-67(4,5)6)63(56-53-50-47-44-41-38-27-24-21-18-15-12-9-3)74-65(69)58-55-52-49-46-43-40-36-29-26-23-20-17-14-11-8-2/h11,14,17,20,23,26,53,56,62-63H,7-10,12-13,15-16,18-19,21-22,24-25,27-52,54-55,57-61H2,1-6H3,(H-,66,68,70,71)/b14-11+,20-17+,26-23+,56-53+. The first-order valence-corrected chi connectivity index (χ1v) is 33.4. The van der Waals surface area contributed by atoms with Gasteiger partial charge in [0.05, 0.1) is 33.8 Å². The van der Waals surface area contributed by atoms with Gasteiger partial charge in [-0.3, -0.25) is 14.2 Å². The molecular formula is C65H123N2O7P. The van der Waals surface area contributed by atoms with Crippen LogP contribution in [0.5, 0.6) is 0 Å². The lowest BCUT2D eigenvalue weighted by atomic mass is 10.0. The molecule has 3 atom stereocenters. The van der Waals surface area contributed by atoms with Crippen molar-refractivity contribution in [1.29, 1.82) is 0 Å². The number of phosphoric acid groups is 1. The van der Waals surface area contributed by atoms with Gasteiger partial charge in [-0.25, -0.2) is 0 Å². The van der Waals surface area contributed by atoms with Gasteiger partial charge in [-0.2, -0.15) is 0 Å². The Kier molecular flexibility index (Phi) is 53.8. The van der Waals surface area contributed by atoms with Crippen molar-refractivity contribution >= 4 is 19.7 Å². The first-order valence-electron chi connectivity index (χ1n) is 32.0. The van der Waals surface area contributed by atoms with Crippen LogP contribution in [0.25, 0.3) is 0 Å². The maximum Gasteiger partial charge on any atom is 0.306 e. The van der Waals surface area contributed by atoms with Crippen molar-refractivity contribution in [3.8, 4) is 0 Å². The number of carbonyl (C=O) groups excluding carboxylic acids is 2. The molecule has 9 nitrogen and oxygen atoms in total. The second kappa shape index (κ2) is 55.3. The number of allylic oxidation sites excluding steroid dienone is 7. The van der Waals surface area contributed by atoms with Gasteiger partial charge in [0.25, 0.3) is 7.82 Å². The Hall–Kier alpha value is -2.03. The monoisotopic (exact) mass is 1070 g/mol. The van der Waals surface area contributed by atoms with Crippen LogP contribution < -0.4 is 10.2 Å². The smallest absolute Gasteiger partial charge is 0.306 e. The summed E-state index contributed by atoms with van der Waals surface area (Å²) in [6.07, 6.45) is 67.9. The summed E-state index contributed by atoms with van der Waals surface area (Å²) in [4.78, 5) is 40.0. The van der Waals surface area contributed by atoms with Crippen LogP contribution in [0.1, 0.15) is 303 Å². The van der Waals surface area contributed by atoms with E-state index in [1.54, 1.807) is 0 Å². The Morgan fingerprint density at radius 2 is 0.853 bits per heavy atom. The zero-order valence-corrected chi connectivity index (χ0v) is 51.2. The van der Waals surface area contributed by atoms with Crippen LogP contribution in [0.15, 0.2) is 48.6 Å². The van der Waals surface area contributed by atoms with E-state index in [2.05, 4.69) is 62.5 Å². The highest BCUT2D eigenvalue weighted by molar-refractivity contribution is 7.45. The molecule has 10 heteroatoms. The maximum absolute atomic E-state index is 13.5. The molecular weight excluding hydrogens is 952 g/mol. The van der Waals surface area contributed by atoms with Crippen molar-refractivity contribution < 1.29 is 37.3 Å². The minimum Gasteiger partial charge on any atom is -0.756 e. The molecule has 0 fully saturated rings. The minimum absolute atomic E-state index is 0.0232. The molecule has 1 amide bonds. The molecule has 0 aliphatic heterocycles. The van der Waals surface area contributed by atoms with E-state index >= 15 is 0 Å². The van der Waals surface area contributed by atoms with Gasteiger partial charge in [0, 0.05) is 12.8 Å². The SMILES string of the molecule is CC/C=C/C=C/C=C/CCCCCCCCCC(=O)OC(/C=C/CCCCCCCCCCCCC)C(COP(=O)([O-])OCC[N+](C)(C)C)NC(=O)CCCCCCCCCCCCCCCCCCCCCCC. The van der Waals surface area contributed by atoms with E-state index in [0.29, 0.717) is 17.4 Å². The lowest BCUT2D eigenvalue weighted by Crippen LogP contribution is -2.47. The fourth-order valence-electron chi connectivity index (χ4n) is 9.41. The summed E-state index contributed by atoms with van der Waals surface area (Å²) in [7, 11) is 1.19. The third kappa shape index (κ3) is 56.5. The van der Waals surface area contributed by atoms with E-state index in [9.17, 15) is 19.0 Å². The number of quaternary nitrogens is 1. The number of esters is 1. The summed E-state index contributed by atoms with van der Waals surface area (Å²) >= 11 is 0. The number of nitrogens with one attached hydrogen (secondary N) is 1. The molecule has 1 N–H and O–H groups in total. The van der Waals surface area contributed by atoms with Crippen molar-refractivity contribution in [2.45, 2.75) is 315 Å². The minimum atomic E-state index is -4.70. The molecule has 0 saturated carbocycles. The van der Waals surface area contributed by atoms with Gasteiger partial charge in [0.2, 0.25) is 5.91 Å². The molecule has 0 bridgehead atoms. The van der Waals surface area contributed by atoms with Crippen molar-refractivity contribution in [2.24, 2.45) is 0 Å². The van der Waals surface area contributed by atoms with Gasteiger partial charge >= 0.3 is 5.97 Å². The zero-order chi connectivity index (χ0) is 55.0. The van der Waals surface area contributed by atoms with Gasteiger partial charge in [-0.05, 0) is 51.0 Å². The molecule has 0 aromatic rings. The van der Waals surface area contributed by atoms with Gasteiger partial charge in [-0.15, -0.1) is 0 Å². The number of carbonyl (C=O) groups is 2. The molecule has 0 saturated heterocycles. The van der Waals surface area contributed by atoms with Crippen LogP contribution in [-0.4, -0.2) is 69.4 Å². The average molecular weight is 1080 g/mol. The fraction of sp³-hybridized carbons (Fsp3) is 0.846. The zero-order valence-electron chi connectivity index (χ0n) is 50.3. The van der Waals surface area contributed by atoms with Gasteiger partial charge in [-0.1, -0.05) is 288 Å². The Bertz CT molecular complexity index is 1420. The van der Waals surface area contributed by atoms with Crippen molar-refractivity contribution in [3.63, 3.8) is 0 Å². The van der Waals surface area contributed by atoms with Crippen molar-refractivity contribution in [3.05, 3.63) is 48.6 Å². The molecule has 3 unspecified atom stereocenters. The average Bonchev–Trinajstić information content (AvgIpc) is 3.37. The summed E-state index contributed by atoms with van der Waals surface area (Å²) < 4.78 is 30.3. The Balaban J connectivity index is 5.20. The number of phosphoric ester groups is 1. The van der Waals surface area contributed by atoms with E-state index in [-0.39, 0.29) is 31.5 Å². The summed E-state index contributed by atoms with van der Waals surface area (Å²) in [6, 6.07) is -0.891. The lowest BCUT2D eigenvalue weighted by Gasteiger charge is -2.30. The first kappa shape index (κ1) is 73.0. The number of rotatable bonds is 58. The van der Waals surface area contributed by atoms with Crippen LogP contribution in [0.4, 0.5) is 0 Å². The number of amides is 1. The largest absolute Gasteiger partial charge is 0.756 e. The molecule has 440 valence electrons. The van der Waals surface area contributed by atoms with E-state index < -0.39 is 20.0 Å². The van der Waals surface area contributed by atoms with Gasteiger partial charge < -0.3 is 28.5 Å². The summed E-state index contributed by atoms with van der Waals surface area (Å²) in [5.74, 6) is -0.543. The van der Waals surface area contributed by atoms with E-state index in [1.807, 2.05) is 33.3 Å². The molecule has 0 rings (SSSR count). The van der Waals surface area contributed by atoms with Crippen LogP contribution in [-0.2, 0) is 27.9 Å². The Labute approximate surface area is 465 Å². The van der Waals surface area contributed by atoms with Crippen molar-refractivity contribution in [2.75, 3.05) is 40.9 Å². The van der Waals surface area contributed by atoms with Crippen LogP contribution in [0, 0.1) is 0 Å². The number of unbranched alkanes of at least 4 members (excludes halogenated alkanes) is 38.